The third-order valence-electron chi connectivity index (χ3n) is 2.05. The van der Waals surface area contributed by atoms with Gasteiger partial charge in [0.1, 0.15) is 5.60 Å². The van der Waals surface area contributed by atoms with E-state index in [0.717, 1.165) is 0 Å². The number of rotatable bonds is 2. The molecule has 0 bridgehead atoms. The summed E-state index contributed by atoms with van der Waals surface area (Å²) in [5.74, 6) is -0.307. The van der Waals surface area contributed by atoms with Gasteiger partial charge >= 0.3 is 5.97 Å². The molecular formula is C7H11FO3S. The predicted octanol–water partition coefficient (Wildman–Crippen LogP) is 0.667. The van der Waals surface area contributed by atoms with Crippen molar-refractivity contribution in [2.75, 3.05) is 11.5 Å². The summed E-state index contributed by atoms with van der Waals surface area (Å²) in [4.78, 5) is 10.3. The molecule has 1 aliphatic heterocycles. The lowest BCUT2D eigenvalue weighted by Crippen LogP contribution is -2.46. The van der Waals surface area contributed by atoms with Crippen molar-refractivity contribution in [3.8, 4) is 0 Å². The third-order valence-corrected chi connectivity index (χ3v) is 3.03. The summed E-state index contributed by atoms with van der Waals surface area (Å²) >= 11 is 1.61. The van der Waals surface area contributed by atoms with Gasteiger partial charge in [0.2, 0.25) is 6.17 Å². The van der Waals surface area contributed by atoms with Gasteiger partial charge in [-0.3, -0.25) is 0 Å². The number of aliphatic hydroxyl groups is 1. The molecule has 1 aliphatic rings. The van der Waals surface area contributed by atoms with Crippen LogP contribution < -0.4 is 0 Å². The Labute approximate surface area is 74.0 Å². The number of carbonyl (C=O) groups is 1. The van der Waals surface area contributed by atoms with Crippen LogP contribution in [-0.4, -0.2) is 39.5 Å². The Balaban J connectivity index is 2.62. The summed E-state index contributed by atoms with van der Waals surface area (Å²) in [7, 11) is 0. The standard InChI is InChI=1S/C7H11FO3S/c8-5(6(9)10)7(11)1-3-12-4-2-7/h5,11H,1-4H2,(H,9,10). The minimum absolute atomic E-state index is 0.227. The van der Waals surface area contributed by atoms with Crippen molar-refractivity contribution >= 4 is 17.7 Å². The molecule has 70 valence electrons. The zero-order valence-corrected chi connectivity index (χ0v) is 7.31. The van der Waals surface area contributed by atoms with Crippen LogP contribution in [0, 0.1) is 0 Å². The molecule has 1 atom stereocenters. The zero-order valence-electron chi connectivity index (χ0n) is 6.49. The molecule has 0 radical (unpaired) electrons. The van der Waals surface area contributed by atoms with Crippen LogP contribution in [0.5, 0.6) is 0 Å². The second-order valence-corrected chi connectivity index (χ2v) is 4.14. The first-order chi connectivity index (χ1) is 5.56. The molecule has 5 heteroatoms. The van der Waals surface area contributed by atoms with E-state index in [4.69, 9.17) is 5.11 Å². The summed E-state index contributed by atoms with van der Waals surface area (Å²) < 4.78 is 12.9. The molecule has 2 N–H and O–H groups in total. The molecular weight excluding hydrogens is 183 g/mol. The molecule has 0 aromatic heterocycles. The summed E-state index contributed by atoms with van der Waals surface area (Å²) in [6.45, 7) is 0. The molecule has 0 aliphatic carbocycles. The van der Waals surface area contributed by atoms with Gasteiger partial charge in [-0.1, -0.05) is 0 Å². The number of halogens is 1. The molecule has 0 spiro atoms. The van der Waals surface area contributed by atoms with Gasteiger partial charge in [0.05, 0.1) is 0 Å². The van der Waals surface area contributed by atoms with Gasteiger partial charge in [-0.15, -0.1) is 0 Å². The second-order valence-electron chi connectivity index (χ2n) is 2.92. The van der Waals surface area contributed by atoms with E-state index in [9.17, 15) is 14.3 Å². The van der Waals surface area contributed by atoms with Crippen LogP contribution in [0.4, 0.5) is 4.39 Å². The molecule has 3 nitrogen and oxygen atoms in total. The highest BCUT2D eigenvalue weighted by Crippen LogP contribution is 2.31. The SMILES string of the molecule is O=C(O)C(F)C1(O)CCSCC1. The molecule has 0 amide bonds. The summed E-state index contributed by atoms with van der Waals surface area (Å²) in [6.07, 6.45) is -1.69. The lowest BCUT2D eigenvalue weighted by molar-refractivity contribution is -0.155. The van der Waals surface area contributed by atoms with E-state index in [1.807, 2.05) is 0 Å². The van der Waals surface area contributed by atoms with E-state index in [0.29, 0.717) is 11.5 Å². The highest BCUT2D eigenvalue weighted by Gasteiger charge is 2.42. The van der Waals surface area contributed by atoms with Crippen LogP contribution >= 0.6 is 11.8 Å². The number of aliphatic carboxylic acids is 1. The first-order valence-electron chi connectivity index (χ1n) is 3.73. The van der Waals surface area contributed by atoms with Gasteiger partial charge < -0.3 is 10.2 Å². The van der Waals surface area contributed by atoms with Gasteiger partial charge in [-0.2, -0.15) is 11.8 Å². The molecule has 0 aromatic rings. The maximum atomic E-state index is 12.9. The van der Waals surface area contributed by atoms with E-state index >= 15 is 0 Å². The molecule has 0 aromatic carbocycles. The van der Waals surface area contributed by atoms with Crippen molar-refractivity contribution < 1.29 is 19.4 Å². The Morgan fingerprint density at radius 3 is 2.42 bits per heavy atom. The normalized spacial score (nSPS) is 24.8. The minimum Gasteiger partial charge on any atom is -0.479 e. The van der Waals surface area contributed by atoms with Crippen LogP contribution in [0.25, 0.3) is 0 Å². The largest absolute Gasteiger partial charge is 0.479 e. The minimum atomic E-state index is -2.14. The van der Waals surface area contributed by atoms with Crippen molar-refractivity contribution in [2.24, 2.45) is 0 Å². The average molecular weight is 194 g/mol. The third kappa shape index (κ3) is 1.90. The van der Waals surface area contributed by atoms with Crippen LogP contribution in [0.1, 0.15) is 12.8 Å². The number of carboxylic acid groups (broad SMARTS) is 1. The number of alkyl halides is 1. The van der Waals surface area contributed by atoms with Gasteiger partial charge in [0, 0.05) is 0 Å². The predicted molar refractivity (Wildman–Crippen MR) is 44.0 cm³/mol. The van der Waals surface area contributed by atoms with Gasteiger partial charge in [0.15, 0.2) is 0 Å². The Morgan fingerprint density at radius 2 is 2.00 bits per heavy atom. The van der Waals surface area contributed by atoms with Crippen LogP contribution in [0.15, 0.2) is 0 Å². The number of thioether (sulfide) groups is 1. The molecule has 12 heavy (non-hydrogen) atoms. The number of hydrogen-bond donors (Lipinski definition) is 2. The van der Waals surface area contributed by atoms with E-state index in [1.165, 1.54) is 0 Å². The van der Waals surface area contributed by atoms with Crippen LogP contribution in [0.3, 0.4) is 0 Å². The van der Waals surface area contributed by atoms with Crippen molar-refractivity contribution in [1.82, 2.24) is 0 Å². The fraction of sp³-hybridized carbons (Fsp3) is 0.857. The van der Waals surface area contributed by atoms with Crippen molar-refractivity contribution in [1.29, 1.82) is 0 Å². The molecule has 1 saturated heterocycles. The average Bonchev–Trinajstić information content (AvgIpc) is 2.04. The molecule has 0 saturated carbocycles. The smallest absolute Gasteiger partial charge is 0.341 e. The van der Waals surface area contributed by atoms with Crippen molar-refractivity contribution in [3.63, 3.8) is 0 Å². The fourth-order valence-corrected chi connectivity index (χ4v) is 2.41. The van der Waals surface area contributed by atoms with Gasteiger partial charge in [-0.05, 0) is 24.3 Å². The van der Waals surface area contributed by atoms with E-state index in [-0.39, 0.29) is 12.8 Å². The Hall–Kier alpha value is -0.290. The topological polar surface area (TPSA) is 57.5 Å². The molecule has 1 fully saturated rings. The Kier molecular flexibility index (Phi) is 2.95. The lowest BCUT2D eigenvalue weighted by Gasteiger charge is -2.32. The highest BCUT2D eigenvalue weighted by atomic mass is 32.2. The molecule has 1 unspecified atom stereocenters. The highest BCUT2D eigenvalue weighted by molar-refractivity contribution is 7.99. The zero-order chi connectivity index (χ0) is 9.19. The Morgan fingerprint density at radius 1 is 1.50 bits per heavy atom. The summed E-state index contributed by atoms with van der Waals surface area (Å²) in [5.41, 5.74) is -1.63. The second kappa shape index (κ2) is 3.62. The first kappa shape index (κ1) is 9.80. The van der Waals surface area contributed by atoms with Crippen LogP contribution in [-0.2, 0) is 4.79 Å². The quantitative estimate of drug-likeness (QED) is 0.678. The molecule has 1 heterocycles. The number of hydrogen-bond acceptors (Lipinski definition) is 3. The maximum Gasteiger partial charge on any atom is 0.341 e. The molecule has 1 rings (SSSR count). The van der Waals surface area contributed by atoms with Gasteiger partial charge in [0.25, 0.3) is 0 Å². The van der Waals surface area contributed by atoms with Gasteiger partial charge in [-0.25, -0.2) is 9.18 Å². The maximum absolute atomic E-state index is 12.9. The van der Waals surface area contributed by atoms with Crippen molar-refractivity contribution in [3.05, 3.63) is 0 Å². The Bertz CT molecular complexity index is 179. The van der Waals surface area contributed by atoms with Crippen LogP contribution in [0.2, 0.25) is 0 Å². The van der Waals surface area contributed by atoms with E-state index in [2.05, 4.69) is 0 Å². The fourth-order valence-electron chi connectivity index (χ4n) is 1.21. The summed E-state index contributed by atoms with van der Waals surface area (Å²) in [5, 5.41) is 17.9. The lowest BCUT2D eigenvalue weighted by atomic mass is 9.91. The monoisotopic (exact) mass is 194 g/mol. The van der Waals surface area contributed by atoms with E-state index < -0.39 is 17.7 Å². The summed E-state index contributed by atoms with van der Waals surface area (Å²) in [6, 6.07) is 0. The van der Waals surface area contributed by atoms with Crippen molar-refractivity contribution in [2.45, 2.75) is 24.6 Å². The van der Waals surface area contributed by atoms with E-state index in [1.54, 1.807) is 11.8 Å². The number of carboxylic acids is 1. The first-order valence-corrected chi connectivity index (χ1v) is 4.89.